The number of hydrazone groups is 1. The molecular formula is C16H14N4O7. The fraction of sp³-hybridized carbons (Fsp3) is 0.125. The molecule has 0 bridgehead atoms. The van der Waals surface area contributed by atoms with E-state index in [0.29, 0.717) is 0 Å². The van der Waals surface area contributed by atoms with Gasteiger partial charge < -0.3 is 9.84 Å². The van der Waals surface area contributed by atoms with Gasteiger partial charge in [0.1, 0.15) is 0 Å². The second kappa shape index (κ2) is 8.38. The Hall–Kier alpha value is -4.02. The average Bonchev–Trinajstić information content (AvgIpc) is 2.64. The first-order chi connectivity index (χ1) is 12.8. The lowest BCUT2D eigenvalue weighted by Gasteiger charge is -2.07. The molecule has 0 heterocycles. The van der Waals surface area contributed by atoms with Gasteiger partial charge in [0.25, 0.3) is 11.6 Å². The molecule has 140 valence electrons. The number of phenols is 1. The van der Waals surface area contributed by atoms with Crippen LogP contribution in [0, 0.1) is 20.2 Å². The summed E-state index contributed by atoms with van der Waals surface area (Å²) >= 11 is 0. The number of carbonyl (C=O) groups excluding carboxylic acids is 1. The highest BCUT2D eigenvalue weighted by Crippen LogP contribution is 2.36. The molecule has 0 atom stereocenters. The van der Waals surface area contributed by atoms with Crippen LogP contribution < -0.4 is 10.2 Å². The Labute approximate surface area is 152 Å². The second-order valence-electron chi connectivity index (χ2n) is 5.08. The molecule has 1 amide bonds. The summed E-state index contributed by atoms with van der Waals surface area (Å²) in [7, 11) is 0. The molecule has 2 aromatic carbocycles. The third-order valence-electron chi connectivity index (χ3n) is 3.29. The maximum atomic E-state index is 11.9. The average molecular weight is 374 g/mol. The first-order valence-electron chi connectivity index (χ1n) is 7.55. The van der Waals surface area contributed by atoms with Crippen LogP contribution in [0.3, 0.4) is 0 Å². The maximum Gasteiger partial charge on any atom is 0.315 e. The quantitative estimate of drug-likeness (QED) is 0.428. The Morgan fingerprint density at radius 3 is 2.44 bits per heavy atom. The molecule has 0 unspecified atom stereocenters. The van der Waals surface area contributed by atoms with Crippen LogP contribution in [0.5, 0.6) is 11.5 Å². The predicted octanol–water partition coefficient (Wildman–Crippen LogP) is 2.37. The molecule has 2 N–H and O–H groups in total. The SMILES string of the molecule is CCOc1cc(/C=N/NC(=O)c2ccc([N+](=O)[O-])cc2)cc([N+](=O)[O-])c1O. The summed E-state index contributed by atoms with van der Waals surface area (Å²) < 4.78 is 5.14. The van der Waals surface area contributed by atoms with Gasteiger partial charge in [-0.1, -0.05) is 0 Å². The second-order valence-corrected chi connectivity index (χ2v) is 5.08. The van der Waals surface area contributed by atoms with E-state index in [1.54, 1.807) is 6.92 Å². The van der Waals surface area contributed by atoms with Crippen molar-refractivity contribution in [2.45, 2.75) is 6.92 Å². The third kappa shape index (κ3) is 4.75. The van der Waals surface area contributed by atoms with E-state index in [1.165, 1.54) is 30.3 Å². The van der Waals surface area contributed by atoms with Gasteiger partial charge in [-0.25, -0.2) is 5.43 Å². The number of nitro benzene ring substituents is 2. The van der Waals surface area contributed by atoms with Gasteiger partial charge in [-0.2, -0.15) is 5.10 Å². The van der Waals surface area contributed by atoms with Crippen molar-refractivity contribution in [3.63, 3.8) is 0 Å². The first-order valence-corrected chi connectivity index (χ1v) is 7.55. The molecule has 2 rings (SSSR count). The Balaban J connectivity index is 2.16. The van der Waals surface area contributed by atoms with Gasteiger partial charge in [0, 0.05) is 29.3 Å². The number of aromatic hydroxyl groups is 1. The lowest BCUT2D eigenvalue weighted by molar-refractivity contribution is -0.386. The van der Waals surface area contributed by atoms with E-state index in [4.69, 9.17) is 4.74 Å². The van der Waals surface area contributed by atoms with Crippen LogP contribution in [-0.2, 0) is 0 Å². The number of amides is 1. The highest BCUT2D eigenvalue weighted by Gasteiger charge is 2.19. The number of phenolic OH excluding ortho intramolecular Hbond substituents is 1. The zero-order valence-corrected chi connectivity index (χ0v) is 14.0. The molecule has 0 aliphatic heterocycles. The summed E-state index contributed by atoms with van der Waals surface area (Å²) in [4.78, 5) is 32.2. The smallest absolute Gasteiger partial charge is 0.315 e. The molecule has 0 aromatic heterocycles. The molecule has 0 fully saturated rings. The van der Waals surface area contributed by atoms with Crippen molar-refractivity contribution in [3.8, 4) is 11.5 Å². The van der Waals surface area contributed by atoms with Gasteiger partial charge in [-0.05, 0) is 25.1 Å². The molecule has 0 spiro atoms. The molecule has 2 aromatic rings. The zero-order valence-electron chi connectivity index (χ0n) is 14.0. The summed E-state index contributed by atoms with van der Waals surface area (Å²) in [6.07, 6.45) is 1.14. The molecule has 27 heavy (non-hydrogen) atoms. The Morgan fingerprint density at radius 2 is 1.89 bits per heavy atom. The minimum Gasteiger partial charge on any atom is -0.500 e. The number of hydrogen-bond donors (Lipinski definition) is 2. The summed E-state index contributed by atoms with van der Waals surface area (Å²) in [5.41, 5.74) is 1.83. The first kappa shape index (κ1) is 19.3. The molecule has 11 nitrogen and oxygen atoms in total. The van der Waals surface area contributed by atoms with E-state index < -0.39 is 27.2 Å². The Bertz CT molecular complexity index is 910. The monoisotopic (exact) mass is 374 g/mol. The zero-order chi connectivity index (χ0) is 20.0. The number of benzene rings is 2. The number of non-ortho nitro benzene ring substituents is 1. The largest absolute Gasteiger partial charge is 0.500 e. The van der Waals surface area contributed by atoms with Crippen molar-refractivity contribution in [1.29, 1.82) is 0 Å². The highest BCUT2D eigenvalue weighted by molar-refractivity contribution is 5.95. The van der Waals surface area contributed by atoms with Gasteiger partial charge >= 0.3 is 5.69 Å². The number of nitrogens with zero attached hydrogens (tertiary/aromatic N) is 3. The Morgan fingerprint density at radius 1 is 1.22 bits per heavy atom. The molecular weight excluding hydrogens is 360 g/mol. The molecule has 0 aliphatic carbocycles. The minimum atomic E-state index is -0.773. The number of rotatable bonds is 7. The van der Waals surface area contributed by atoms with Gasteiger partial charge in [0.2, 0.25) is 5.75 Å². The number of nitrogens with one attached hydrogen (secondary N) is 1. The fourth-order valence-electron chi connectivity index (χ4n) is 2.06. The summed E-state index contributed by atoms with van der Waals surface area (Å²) in [5, 5.41) is 35.1. The highest BCUT2D eigenvalue weighted by atomic mass is 16.6. The van der Waals surface area contributed by atoms with Gasteiger partial charge in [-0.15, -0.1) is 0 Å². The normalized spacial score (nSPS) is 10.6. The van der Waals surface area contributed by atoms with Crippen LogP contribution >= 0.6 is 0 Å². The number of nitro groups is 2. The predicted molar refractivity (Wildman–Crippen MR) is 94.1 cm³/mol. The van der Waals surface area contributed by atoms with Crippen molar-refractivity contribution in [2.24, 2.45) is 5.10 Å². The molecule has 0 saturated heterocycles. The van der Waals surface area contributed by atoms with Crippen molar-refractivity contribution in [2.75, 3.05) is 6.61 Å². The van der Waals surface area contributed by atoms with E-state index in [1.807, 2.05) is 0 Å². The number of ether oxygens (including phenoxy) is 1. The minimum absolute atomic E-state index is 0.0881. The van der Waals surface area contributed by atoms with E-state index in [0.717, 1.165) is 12.3 Å². The molecule has 11 heteroatoms. The third-order valence-corrected chi connectivity index (χ3v) is 3.29. The van der Waals surface area contributed by atoms with Crippen LogP contribution in [0.1, 0.15) is 22.8 Å². The lowest BCUT2D eigenvalue weighted by atomic mass is 10.2. The van der Waals surface area contributed by atoms with E-state index in [-0.39, 0.29) is 29.2 Å². The van der Waals surface area contributed by atoms with Gasteiger partial charge in [0.05, 0.1) is 22.7 Å². The number of carbonyl (C=O) groups is 1. The molecule has 0 saturated carbocycles. The van der Waals surface area contributed by atoms with Crippen LogP contribution in [0.2, 0.25) is 0 Å². The topological polar surface area (TPSA) is 157 Å². The van der Waals surface area contributed by atoms with Crippen LogP contribution in [0.15, 0.2) is 41.5 Å². The molecule has 0 radical (unpaired) electrons. The summed E-state index contributed by atoms with van der Waals surface area (Å²) in [6.45, 7) is 1.83. The standard InChI is InChI=1S/C16H14N4O7/c1-2-27-14-8-10(7-13(15(14)21)20(25)26)9-17-18-16(22)11-3-5-12(6-4-11)19(23)24/h3-9,21H,2H2,1H3,(H,18,22)/b17-9+. The van der Waals surface area contributed by atoms with Crippen molar-refractivity contribution >= 4 is 23.5 Å². The summed E-state index contributed by atoms with van der Waals surface area (Å²) in [5.74, 6) is -1.32. The lowest BCUT2D eigenvalue weighted by Crippen LogP contribution is -2.17. The van der Waals surface area contributed by atoms with Crippen molar-refractivity contribution in [1.82, 2.24) is 5.43 Å². The van der Waals surface area contributed by atoms with Gasteiger partial charge in [-0.3, -0.25) is 25.0 Å². The maximum absolute atomic E-state index is 11.9. The Kier molecular flexibility index (Phi) is 5.99. The van der Waals surface area contributed by atoms with Crippen molar-refractivity contribution in [3.05, 3.63) is 67.8 Å². The van der Waals surface area contributed by atoms with E-state index in [9.17, 15) is 30.1 Å². The van der Waals surface area contributed by atoms with Crippen LogP contribution in [-0.4, -0.2) is 33.7 Å². The van der Waals surface area contributed by atoms with E-state index in [2.05, 4.69) is 10.5 Å². The van der Waals surface area contributed by atoms with Crippen LogP contribution in [0.4, 0.5) is 11.4 Å². The van der Waals surface area contributed by atoms with Crippen LogP contribution in [0.25, 0.3) is 0 Å². The fourth-order valence-corrected chi connectivity index (χ4v) is 2.06. The number of hydrogen-bond acceptors (Lipinski definition) is 8. The molecule has 0 aliphatic rings. The van der Waals surface area contributed by atoms with Crippen molar-refractivity contribution < 1.29 is 24.5 Å². The summed E-state index contributed by atoms with van der Waals surface area (Å²) in [6, 6.07) is 7.28. The van der Waals surface area contributed by atoms with Gasteiger partial charge in [0.15, 0.2) is 5.75 Å². The van der Waals surface area contributed by atoms with E-state index >= 15 is 0 Å².